The quantitative estimate of drug-likeness (QED) is 0.782. The third-order valence-electron chi connectivity index (χ3n) is 3.86. The SMILES string of the molecule is CSc1ccc(CNC2CCCCCCC2)cc1.Cl. The van der Waals surface area contributed by atoms with Crippen LogP contribution in [0.15, 0.2) is 29.2 Å². The molecule has 0 atom stereocenters. The van der Waals surface area contributed by atoms with Crippen molar-refractivity contribution in [3.8, 4) is 0 Å². The summed E-state index contributed by atoms with van der Waals surface area (Å²) in [7, 11) is 0. The molecule has 0 bridgehead atoms. The molecule has 2 rings (SSSR count). The highest BCUT2D eigenvalue weighted by atomic mass is 35.5. The molecule has 0 spiro atoms. The fourth-order valence-corrected chi connectivity index (χ4v) is 3.07. The van der Waals surface area contributed by atoms with Gasteiger partial charge in [0.25, 0.3) is 0 Å². The maximum absolute atomic E-state index is 3.74. The van der Waals surface area contributed by atoms with Crippen LogP contribution >= 0.6 is 24.2 Å². The van der Waals surface area contributed by atoms with Crippen LogP contribution in [0.3, 0.4) is 0 Å². The first kappa shape index (κ1) is 16.9. The van der Waals surface area contributed by atoms with Crippen LogP contribution < -0.4 is 5.32 Å². The van der Waals surface area contributed by atoms with E-state index in [0.29, 0.717) is 0 Å². The van der Waals surface area contributed by atoms with Gasteiger partial charge in [0.1, 0.15) is 0 Å². The van der Waals surface area contributed by atoms with E-state index in [1.807, 2.05) is 11.8 Å². The molecule has 0 radical (unpaired) electrons. The van der Waals surface area contributed by atoms with Crippen molar-refractivity contribution >= 4 is 24.2 Å². The van der Waals surface area contributed by atoms with Gasteiger partial charge in [-0.2, -0.15) is 0 Å². The molecule has 1 aliphatic carbocycles. The summed E-state index contributed by atoms with van der Waals surface area (Å²) in [4.78, 5) is 1.35. The number of rotatable bonds is 4. The van der Waals surface area contributed by atoms with E-state index < -0.39 is 0 Å². The number of thioether (sulfide) groups is 1. The second kappa shape index (κ2) is 9.68. The van der Waals surface area contributed by atoms with E-state index in [-0.39, 0.29) is 12.4 Å². The third kappa shape index (κ3) is 6.20. The lowest BCUT2D eigenvalue weighted by molar-refractivity contribution is 0.389. The minimum absolute atomic E-state index is 0. The largest absolute Gasteiger partial charge is 0.310 e. The zero-order valence-corrected chi connectivity index (χ0v) is 13.5. The van der Waals surface area contributed by atoms with Gasteiger partial charge in [-0.3, -0.25) is 0 Å². The van der Waals surface area contributed by atoms with Gasteiger partial charge < -0.3 is 5.32 Å². The molecule has 1 aromatic carbocycles. The Hall–Kier alpha value is -0.180. The molecule has 0 aromatic heterocycles. The Morgan fingerprint density at radius 1 is 1.00 bits per heavy atom. The Bertz CT molecular complexity index is 331. The average Bonchev–Trinajstić information content (AvgIpc) is 2.38. The van der Waals surface area contributed by atoms with Gasteiger partial charge in [0.2, 0.25) is 0 Å². The fourth-order valence-electron chi connectivity index (χ4n) is 2.67. The molecular weight excluding hydrogens is 274 g/mol. The number of nitrogens with one attached hydrogen (secondary N) is 1. The minimum Gasteiger partial charge on any atom is -0.310 e. The maximum atomic E-state index is 3.74. The molecule has 0 unspecified atom stereocenters. The van der Waals surface area contributed by atoms with Gasteiger partial charge in [-0.05, 0) is 36.8 Å². The molecule has 1 aromatic rings. The molecule has 1 N–H and O–H groups in total. The van der Waals surface area contributed by atoms with Crippen molar-refractivity contribution in [2.45, 2.75) is 62.4 Å². The third-order valence-corrected chi connectivity index (χ3v) is 4.60. The minimum atomic E-state index is 0. The van der Waals surface area contributed by atoms with Crippen LogP contribution in [0, 0.1) is 0 Å². The van der Waals surface area contributed by atoms with Crippen LogP contribution in [0.25, 0.3) is 0 Å². The van der Waals surface area contributed by atoms with E-state index in [9.17, 15) is 0 Å². The Morgan fingerprint density at radius 2 is 1.58 bits per heavy atom. The highest BCUT2D eigenvalue weighted by Crippen LogP contribution is 2.18. The number of hydrogen-bond donors (Lipinski definition) is 1. The fraction of sp³-hybridized carbons (Fsp3) is 0.625. The summed E-state index contributed by atoms with van der Waals surface area (Å²) in [5, 5.41) is 3.74. The van der Waals surface area contributed by atoms with E-state index in [4.69, 9.17) is 0 Å². The standard InChI is InChI=1S/C16H25NS.ClH/c1-18-16-11-9-14(10-12-16)13-17-15-7-5-3-2-4-6-8-15;/h9-12,15,17H,2-8,13H2,1H3;1H. The highest BCUT2D eigenvalue weighted by molar-refractivity contribution is 7.98. The van der Waals surface area contributed by atoms with Gasteiger partial charge in [-0.1, -0.05) is 44.2 Å². The lowest BCUT2D eigenvalue weighted by Gasteiger charge is -2.21. The van der Waals surface area contributed by atoms with E-state index in [1.54, 1.807) is 0 Å². The van der Waals surface area contributed by atoms with Gasteiger partial charge in [0, 0.05) is 17.5 Å². The van der Waals surface area contributed by atoms with Crippen LogP contribution in [0.5, 0.6) is 0 Å². The Morgan fingerprint density at radius 3 is 2.16 bits per heavy atom. The second-order valence-corrected chi connectivity index (χ2v) is 6.15. The van der Waals surface area contributed by atoms with Crippen LogP contribution in [0.1, 0.15) is 50.5 Å². The molecule has 1 nitrogen and oxygen atoms in total. The Balaban J connectivity index is 0.00000180. The topological polar surface area (TPSA) is 12.0 Å². The normalized spacial score (nSPS) is 17.3. The molecular formula is C16H26ClNS. The maximum Gasteiger partial charge on any atom is 0.0208 e. The van der Waals surface area contributed by atoms with Gasteiger partial charge >= 0.3 is 0 Å². The average molecular weight is 300 g/mol. The summed E-state index contributed by atoms with van der Waals surface area (Å²) >= 11 is 1.81. The Kier molecular flexibility index (Phi) is 8.60. The molecule has 0 saturated heterocycles. The second-order valence-electron chi connectivity index (χ2n) is 5.27. The summed E-state index contributed by atoms with van der Waals surface area (Å²) in [6.45, 7) is 1.03. The molecule has 0 aliphatic heterocycles. The van der Waals surface area contributed by atoms with Crippen molar-refractivity contribution in [2.75, 3.05) is 6.26 Å². The molecule has 1 aliphatic rings. The first-order chi connectivity index (χ1) is 8.88. The zero-order chi connectivity index (χ0) is 12.6. The van der Waals surface area contributed by atoms with Crippen molar-refractivity contribution < 1.29 is 0 Å². The summed E-state index contributed by atoms with van der Waals surface area (Å²) < 4.78 is 0. The lowest BCUT2D eigenvalue weighted by Crippen LogP contribution is -2.29. The summed E-state index contributed by atoms with van der Waals surface area (Å²) in [5.41, 5.74) is 1.41. The van der Waals surface area contributed by atoms with Gasteiger partial charge in [0.15, 0.2) is 0 Å². The molecule has 0 amide bonds. The number of hydrogen-bond acceptors (Lipinski definition) is 2. The highest BCUT2D eigenvalue weighted by Gasteiger charge is 2.10. The molecule has 108 valence electrons. The van der Waals surface area contributed by atoms with Crippen molar-refractivity contribution in [3.05, 3.63) is 29.8 Å². The van der Waals surface area contributed by atoms with Crippen LogP contribution in [-0.2, 0) is 6.54 Å². The summed E-state index contributed by atoms with van der Waals surface area (Å²) in [6.07, 6.45) is 12.0. The summed E-state index contributed by atoms with van der Waals surface area (Å²) in [5.74, 6) is 0. The van der Waals surface area contributed by atoms with Gasteiger partial charge in [-0.25, -0.2) is 0 Å². The van der Waals surface area contributed by atoms with Crippen molar-refractivity contribution in [2.24, 2.45) is 0 Å². The number of benzene rings is 1. The van der Waals surface area contributed by atoms with E-state index in [2.05, 4.69) is 35.8 Å². The van der Waals surface area contributed by atoms with Crippen molar-refractivity contribution in [3.63, 3.8) is 0 Å². The van der Waals surface area contributed by atoms with Gasteiger partial charge in [-0.15, -0.1) is 24.2 Å². The van der Waals surface area contributed by atoms with Crippen LogP contribution in [-0.4, -0.2) is 12.3 Å². The van der Waals surface area contributed by atoms with Crippen LogP contribution in [0.2, 0.25) is 0 Å². The smallest absolute Gasteiger partial charge is 0.0208 e. The Labute approximate surface area is 128 Å². The van der Waals surface area contributed by atoms with Crippen molar-refractivity contribution in [1.82, 2.24) is 5.32 Å². The van der Waals surface area contributed by atoms with E-state index in [0.717, 1.165) is 12.6 Å². The first-order valence-corrected chi connectivity index (χ1v) is 8.47. The lowest BCUT2D eigenvalue weighted by atomic mass is 9.96. The van der Waals surface area contributed by atoms with Crippen molar-refractivity contribution in [1.29, 1.82) is 0 Å². The van der Waals surface area contributed by atoms with Crippen LogP contribution in [0.4, 0.5) is 0 Å². The summed E-state index contributed by atoms with van der Waals surface area (Å²) in [6, 6.07) is 9.69. The molecule has 1 saturated carbocycles. The van der Waals surface area contributed by atoms with E-state index >= 15 is 0 Å². The zero-order valence-electron chi connectivity index (χ0n) is 11.9. The first-order valence-electron chi connectivity index (χ1n) is 7.25. The monoisotopic (exact) mass is 299 g/mol. The number of halogens is 1. The molecule has 0 heterocycles. The van der Waals surface area contributed by atoms with Gasteiger partial charge in [0.05, 0.1) is 0 Å². The van der Waals surface area contributed by atoms with E-state index in [1.165, 1.54) is 55.4 Å². The predicted molar refractivity (Wildman–Crippen MR) is 88.4 cm³/mol. The molecule has 19 heavy (non-hydrogen) atoms. The predicted octanol–water partition coefficient (Wildman–Crippen LogP) is 5.03. The molecule has 3 heteroatoms. The molecule has 1 fully saturated rings.